The van der Waals surface area contributed by atoms with Crippen molar-refractivity contribution in [2.75, 3.05) is 4.90 Å². The summed E-state index contributed by atoms with van der Waals surface area (Å²) in [7, 11) is 0. The van der Waals surface area contributed by atoms with Gasteiger partial charge in [-0.1, -0.05) is 115 Å². The lowest BCUT2D eigenvalue weighted by atomic mass is 9.43. The van der Waals surface area contributed by atoms with Gasteiger partial charge in [-0.25, -0.2) is 0 Å². The fraction of sp³-hybridized carbons (Fsp3) is 0.185. The maximum absolute atomic E-state index is 2.64. The summed E-state index contributed by atoms with van der Waals surface area (Å²) in [5.41, 5.74) is 13.5. The molecule has 8 aromatic carbocycles. The molecule has 268 valence electrons. The van der Waals surface area contributed by atoms with Gasteiger partial charge in [0.2, 0.25) is 0 Å². The number of benzene rings is 8. The fourth-order valence-electron chi connectivity index (χ4n) is 12.8. The Hall–Kier alpha value is -6.12. The first-order valence-electron chi connectivity index (χ1n) is 20.8. The molecule has 0 aliphatic heterocycles. The summed E-state index contributed by atoms with van der Waals surface area (Å²) in [4.78, 5) is 2.55. The van der Waals surface area contributed by atoms with Crippen molar-refractivity contribution < 1.29 is 0 Å². The number of rotatable bonds is 4. The van der Waals surface area contributed by atoms with E-state index in [1.54, 1.807) is 11.1 Å². The number of aromatic nitrogens is 1. The molecular formula is C54H42N2. The zero-order valence-corrected chi connectivity index (χ0v) is 31.4. The van der Waals surface area contributed by atoms with Crippen molar-refractivity contribution in [3.05, 3.63) is 181 Å². The van der Waals surface area contributed by atoms with Gasteiger partial charge >= 0.3 is 0 Å². The Morgan fingerprint density at radius 3 is 1.84 bits per heavy atom. The summed E-state index contributed by atoms with van der Waals surface area (Å²) in [6.07, 6.45) is 7.00. The second-order valence-corrected chi connectivity index (χ2v) is 17.4. The quantitative estimate of drug-likeness (QED) is 0.165. The first kappa shape index (κ1) is 31.1. The average molecular weight is 719 g/mol. The smallest absolute Gasteiger partial charge is 0.0561 e. The van der Waals surface area contributed by atoms with Gasteiger partial charge in [-0.3, -0.25) is 0 Å². The van der Waals surface area contributed by atoms with E-state index in [0.717, 1.165) is 23.7 Å². The Morgan fingerprint density at radius 2 is 1.00 bits per heavy atom. The molecule has 1 aromatic heterocycles. The van der Waals surface area contributed by atoms with Crippen molar-refractivity contribution in [1.82, 2.24) is 4.57 Å². The lowest BCUT2D eigenvalue weighted by molar-refractivity contribution is -0.0399. The molecule has 4 bridgehead atoms. The van der Waals surface area contributed by atoms with E-state index in [1.165, 1.54) is 109 Å². The summed E-state index contributed by atoms with van der Waals surface area (Å²) < 4.78 is 2.45. The Labute approximate surface area is 327 Å². The van der Waals surface area contributed by atoms with E-state index in [2.05, 4.69) is 179 Å². The van der Waals surface area contributed by atoms with Crippen molar-refractivity contribution in [2.45, 2.75) is 37.5 Å². The van der Waals surface area contributed by atoms with E-state index in [-0.39, 0.29) is 5.41 Å². The third-order valence-corrected chi connectivity index (χ3v) is 14.7. The van der Waals surface area contributed by atoms with Gasteiger partial charge in [-0.2, -0.15) is 0 Å². The lowest BCUT2D eigenvalue weighted by Crippen LogP contribution is -2.55. The van der Waals surface area contributed by atoms with Crippen LogP contribution in [-0.2, 0) is 5.41 Å². The SMILES string of the molecule is c1ccc(-n2c3ccccc3c3ccc(N(c4ccc5c(c4)C4(c6ccccc6-5)C5CC6CC(C5)CC4C6)c4ccc5c(ccc6ccccc65)c4)cc32)cc1. The fourth-order valence-corrected chi connectivity index (χ4v) is 12.8. The van der Waals surface area contributed by atoms with E-state index in [1.807, 2.05) is 0 Å². The molecular weight excluding hydrogens is 677 g/mol. The monoisotopic (exact) mass is 718 g/mol. The zero-order valence-electron chi connectivity index (χ0n) is 31.4. The van der Waals surface area contributed by atoms with E-state index < -0.39 is 0 Å². The number of nitrogens with zero attached hydrogens (tertiary/aromatic N) is 2. The standard InChI is InChI=1S/C54H42N2/c1-2-11-40(12-3-1)56-52-17-9-7-15-48(52)49-25-22-43(33-53(49)56)55(41-20-23-45-37(31-41)19-18-36-10-4-5-13-44(36)45)42-21-24-47-46-14-6-8-16-50(46)54(51(47)32-42)38-27-34-26-35(29-38)30-39(54)28-34/h1-25,31-35,38-39H,26-30H2. The molecule has 4 fully saturated rings. The first-order valence-corrected chi connectivity index (χ1v) is 20.8. The Balaban J connectivity index is 1.06. The maximum Gasteiger partial charge on any atom is 0.0561 e. The molecule has 0 saturated heterocycles. The van der Waals surface area contributed by atoms with Gasteiger partial charge in [0.05, 0.1) is 11.0 Å². The van der Waals surface area contributed by atoms with Gasteiger partial charge in [-0.05, 0) is 154 Å². The molecule has 5 aliphatic carbocycles. The summed E-state index contributed by atoms with van der Waals surface area (Å²) >= 11 is 0. The Kier molecular flexibility index (Phi) is 6.37. The molecule has 56 heavy (non-hydrogen) atoms. The maximum atomic E-state index is 2.64. The number of anilines is 3. The summed E-state index contributed by atoms with van der Waals surface area (Å²) in [6.45, 7) is 0. The molecule has 0 N–H and O–H groups in total. The molecule has 1 heterocycles. The first-order chi connectivity index (χ1) is 27.7. The van der Waals surface area contributed by atoms with E-state index in [4.69, 9.17) is 0 Å². The van der Waals surface area contributed by atoms with Crippen molar-refractivity contribution in [3.63, 3.8) is 0 Å². The van der Waals surface area contributed by atoms with Crippen molar-refractivity contribution in [3.8, 4) is 16.8 Å². The molecule has 0 amide bonds. The van der Waals surface area contributed by atoms with Crippen molar-refractivity contribution >= 4 is 60.4 Å². The molecule has 9 aromatic rings. The van der Waals surface area contributed by atoms with Crippen molar-refractivity contribution in [1.29, 1.82) is 0 Å². The topological polar surface area (TPSA) is 8.17 Å². The molecule has 0 radical (unpaired) electrons. The van der Waals surface area contributed by atoms with E-state index in [0.29, 0.717) is 0 Å². The summed E-state index contributed by atoms with van der Waals surface area (Å²) in [5, 5.41) is 7.69. The van der Waals surface area contributed by atoms with Crippen molar-refractivity contribution in [2.24, 2.45) is 23.7 Å². The summed E-state index contributed by atoms with van der Waals surface area (Å²) in [6, 6.07) is 64.3. The number of hydrogen-bond acceptors (Lipinski definition) is 1. The zero-order chi connectivity index (χ0) is 36.5. The minimum atomic E-state index is 0.104. The third-order valence-electron chi connectivity index (χ3n) is 14.7. The van der Waals surface area contributed by atoms with E-state index >= 15 is 0 Å². The molecule has 5 aliphatic rings. The van der Waals surface area contributed by atoms with Gasteiger partial charge in [0.25, 0.3) is 0 Å². The van der Waals surface area contributed by atoms with Crippen LogP contribution in [-0.4, -0.2) is 4.57 Å². The highest BCUT2D eigenvalue weighted by molar-refractivity contribution is 6.11. The predicted molar refractivity (Wildman–Crippen MR) is 234 cm³/mol. The second-order valence-electron chi connectivity index (χ2n) is 17.4. The summed E-state index contributed by atoms with van der Waals surface area (Å²) in [5.74, 6) is 3.26. The van der Waals surface area contributed by atoms with Gasteiger partial charge in [0.1, 0.15) is 0 Å². The third kappa shape index (κ3) is 4.17. The second kappa shape index (κ2) is 11.5. The Bertz CT molecular complexity index is 3030. The molecule has 2 heteroatoms. The van der Waals surface area contributed by atoms with Gasteiger partial charge in [-0.15, -0.1) is 0 Å². The van der Waals surface area contributed by atoms with Crippen LogP contribution in [0.25, 0.3) is 60.2 Å². The molecule has 4 saturated carbocycles. The Morgan fingerprint density at radius 1 is 0.411 bits per heavy atom. The van der Waals surface area contributed by atoms with Crippen LogP contribution >= 0.6 is 0 Å². The number of hydrogen-bond donors (Lipinski definition) is 0. The van der Waals surface area contributed by atoms with Crippen LogP contribution in [0.5, 0.6) is 0 Å². The highest BCUT2D eigenvalue weighted by Gasteiger charge is 2.61. The van der Waals surface area contributed by atoms with Crippen LogP contribution in [0.3, 0.4) is 0 Å². The van der Waals surface area contributed by atoms with Gasteiger partial charge in [0, 0.05) is 38.9 Å². The largest absolute Gasteiger partial charge is 0.310 e. The lowest BCUT2D eigenvalue weighted by Gasteiger charge is -2.61. The molecule has 14 rings (SSSR count). The number of fused-ring (bicyclic) bond motifs is 9. The minimum absolute atomic E-state index is 0.104. The van der Waals surface area contributed by atoms with Crippen LogP contribution in [0.4, 0.5) is 17.1 Å². The molecule has 0 unspecified atom stereocenters. The highest BCUT2D eigenvalue weighted by Crippen LogP contribution is 2.69. The van der Waals surface area contributed by atoms with Crippen LogP contribution in [0, 0.1) is 23.7 Å². The average Bonchev–Trinajstić information content (AvgIpc) is 3.73. The minimum Gasteiger partial charge on any atom is -0.310 e. The van der Waals surface area contributed by atoms with Gasteiger partial charge < -0.3 is 9.47 Å². The highest BCUT2D eigenvalue weighted by atomic mass is 15.1. The van der Waals surface area contributed by atoms with Gasteiger partial charge in [0.15, 0.2) is 0 Å². The van der Waals surface area contributed by atoms with E-state index in [9.17, 15) is 0 Å². The predicted octanol–water partition coefficient (Wildman–Crippen LogP) is 14.3. The van der Waals surface area contributed by atoms with Crippen LogP contribution in [0.15, 0.2) is 170 Å². The number of para-hydroxylation sites is 2. The normalized spacial score (nSPS) is 23.1. The molecule has 2 nitrogen and oxygen atoms in total. The van der Waals surface area contributed by atoms with Crippen LogP contribution < -0.4 is 4.90 Å². The van der Waals surface area contributed by atoms with Crippen LogP contribution in [0.1, 0.15) is 43.2 Å². The molecule has 1 spiro atoms. The molecule has 0 atom stereocenters. The van der Waals surface area contributed by atoms with Crippen LogP contribution in [0.2, 0.25) is 0 Å².